The van der Waals surface area contributed by atoms with Crippen molar-refractivity contribution in [3.8, 4) is 23.3 Å². The number of phenolic OH excluding ortho intramolecular Hbond substituents is 1. The molecule has 1 aliphatic heterocycles. The highest BCUT2D eigenvalue weighted by Crippen LogP contribution is 2.44. The smallest absolute Gasteiger partial charge is 0.355 e. The lowest BCUT2D eigenvalue weighted by Crippen LogP contribution is -2.40. The van der Waals surface area contributed by atoms with Crippen LogP contribution in [0.1, 0.15) is 11.5 Å². The molecule has 0 aliphatic carbocycles. The lowest BCUT2D eigenvalue weighted by atomic mass is 9.81. The molecule has 5 rings (SSSR count). The van der Waals surface area contributed by atoms with Gasteiger partial charge in [0, 0.05) is 12.3 Å². The van der Waals surface area contributed by atoms with Crippen molar-refractivity contribution in [3.63, 3.8) is 0 Å². The number of aromatic nitrogens is 2. The lowest BCUT2D eigenvalue weighted by molar-refractivity contribution is -0.139. The number of nitrogens with zero attached hydrogens (tertiary/aromatic N) is 4. The predicted octanol–water partition coefficient (Wildman–Crippen LogP) is 3.49. The molecule has 0 saturated carbocycles. The fraction of sp³-hybridized carbons (Fsp3) is 0.107. The van der Waals surface area contributed by atoms with Crippen molar-refractivity contribution in [1.29, 1.82) is 5.26 Å². The van der Waals surface area contributed by atoms with Crippen LogP contribution in [0, 0.1) is 11.3 Å². The third-order valence-electron chi connectivity index (χ3n) is 6.25. The van der Waals surface area contributed by atoms with Gasteiger partial charge < -0.3 is 24.7 Å². The maximum Gasteiger partial charge on any atom is 0.355 e. The molecule has 4 aromatic rings. The van der Waals surface area contributed by atoms with Gasteiger partial charge in [0.1, 0.15) is 17.3 Å². The highest BCUT2D eigenvalue weighted by molar-refractivity contribution is 6.06. The summed E-state index contributed by atoms with van der Waals surface area (Å²) >= 11 is 0. The SMILES string of the molecule is COC(=O)C1=C(C(=O)OC)N(c2ccc(-c3nc4ncccc4o3)c(O)c2)C(N)=C(C#N)C1c1ccccc1. The quantitative estimate of drug-likeness (QED) is 0.368. The van der Waals surface area contributed by atoms with Crippen molar-refractivity contribution >= 4 is 28.9 Å². The van der Waals surface area contributed by atoms with Crippen LogP contribution in [0.2, 0.25) is 0 Å². The summed E-state index contributed by atoms with van der Waals surface area (Å²) in [5.41, 5.74) is 7.86. The normalized spacial score (nSPS) is 15.3. The molecule has 39 heavy (non-hydrogen) atoms. The maximum absolute atomic E-state index is 13.2. The summed E-state index contributed by atoms with van der Waals surface area (Å²) < 4.78 is 15.8. The Kier molecular flexibility index (Phi) is 6.44. The summed E-state index contributed by atoms with van der Waals surface area (Å²) in [4.78, 5) is 36.0. The maximum atomic E-state index is 13.2. The van der Waals surface area contributed by atoms with Gasteiger partial charge in [-0.3, -0.25) is 4.90 Å². The van der Waals surface area contributed by atoms with E-state index in [2.05, 4.69) is 16.0 Å². The molecule has 3 N–H and O–H groups in total. The zero-order chi connectivity index (χ0) is 27.7. The number of nitriles is 1. The number of anilines is 1. The van der Waals surface area contributed by atoms with Crippen LogP contribution < -0.4 is 10.6 Å². The zero-order valence-corrected chi connectivity index (χ0v) is 20.8. The molecule has 2 aromatic carbocycles. The molecule has 3 heterocycles. The molecule has 0 spiro atoms. The molecular formula is C28H21N5O6. The molecule has 0 radical (unpaired) electrons. The second-order valence-electron chi connectivity index (χ2n) is 8.38. The van der Waals surface area contributed by atoms with Gasteiger partial charge in [0.05, 0.1) is 48.6 Å². The fourth-order valence-electron chi connectivity index (χ4n) is 4.51. The third-order valence-corrected chi connectivity index (χ3v) is 6.25. The van der Waals surface area contributed by atoms with Crippen molar-refractivity contribution < 1.29 is 28.6 Å². The highest BCUT2D eigenvalue weighted by atomic mass is 16.5. The largest absolute Gasteiger partial charge is 0.507 e. The molecule has 1 aliphatic rings. The van der Waals surface area contributed by atoms with Gasteiger partial charge >= 0.3 is 11.9 Å². The van der Waals surface area contributed by atoms with E-state index in [4.69, 9.17) is 19.6 Å². The second-order valence-corrected chi connectivity index (χ2v) is 8.38. The summed E-state index contributed by atoms with van der Waals surface area (Å²) in [6, 6.07) is 18.5. The number of ether oxygens (including phenoxy) is 2. The van der Waals surface area contributed by atoms with E-state index in [-0.39, 0.29) is 45.6 Å². The van der Waals surface area contributed by atoms with Crippen molar-refractivity contribution in [3.05, 3.63) is 95.1 Å². The first-order chi connectivity index (χ1) is 18.9. The molecule has 0 bridgehead atoms. The van der Waals surface area contributed by atoms with Gasteiger partial charge in [0.2, 0.25) is 5.89 Å². The summed E-state index contributed by atoms with van der Waals surface area (Å²) in [6.45, 7) is 0. The molecule has 11 nitrogen and oxygen atoms in total. The van der Waals surface area contributed by atoms with Gasteiger partial charge in [0.25, 0.3) is 0 Å². The number of allylic oxidation sites excluding steroid dienone is 1. The minimum atomic E-state index is -1.01. The van der Waals surface area contributed by atoms with Crippen molar-refractivity contribution in [1.82, 2.24) is 9.97 Å². The minimum absolute atomic E-state index is 0.00263. The second kappa shape index (κ2) is 10.0. The number of phenols is 1. The number of benzene rings is 2. The van der Waals surface area contributed by atoms with Crippen LogP contribution in [0.4, 0.5) is 5.69 Å². The molecule has 1 unspecified atom stereocenters. The minimum Gasteiger partial charge on any atom is -0.507 e. The van der Waals surface area contributed by atoms with Crippen molar-refractivity contribution in [2.75, 3.05) is 19.1 Å². The van der Waals surface area contributed by atoms with Gasteiger partial charge in [-0.05, 0) is 29.8 Å². The van der Waals surface area contributed by atoms with E-state index in [1.165, 1.54) is 30.2 Å². The number of rotatable bonds is 5. The molecule has 2 aromatic heterocycles. The zero-order valence-electron chi connectivity index (χ0n) is 20.8. The average molecular weight is 524 g/mol. The number of hydrogen-bond donors (Lipinski definition) is 2. The average Bonchev–Trinajstić information content (AvgIpc) is 3.40. The number of oxazole rings is 1. The summed E-state index contributed by atoms with van der Waals surface area (Å²) in [7, 11) is 2.32. The van der Waals surface area contributed by atoms with E-state index in [0.29, 0.717) is 16.8 Å². The Morgan fingerprint density at radius 3 is 2.46 bits per heavy atom. The number of aromatic hydroxyl groups is 1. The molecule has 11 heteroatoms. The Balaban J connectivity index is 1.72. The van der Waals surface area contributed by atoms with E-state index < -0.39 is 17.9 Å². The summed E-state index contributed by atoms with van der Waals surface area (Å²) in [5, 5.41) is 21.1. The summed E-state index contributed by atoms with van der Waals surface area (Å²) in [5.74, 6) is -3.03. The van der Waals surface area contributed by atoms with Crippen molar-refractivity contribution in [2.45, 2.75) is 5.92 Å². The molecule has 194 valence electrons. The standard InChI is InChI=1S/C28H21N5O6/c1-37-27(35)22-21(15-7-4-3-5-8-15)18(14-29)24(30)33(23(22)28(36)38-2)16-10-11-17(19(34)13-16)26-32-25-20(39-26)9-6-12-31-25/h3-13,21,34H,30H2,1-2H3. The van der Waals surface area contributed by atoms with Gasteiger partial charge in [-0.15, -0.1) is 0 Å². The van der Waals surface area contributed by atoms with Crippen LogP contribution in [0.15, 0.2) is 93.9 Å². The topological polar surface area (TPSA) is 165 Å². The van der Waals surface area contributed by atoms with E-state index in [1.54, 1.807) is 48.7 Å². The molecule has 0 amide bonds. The molecule has 0 fully saturated rings. The lowest BCUT2D eigenvalue weighted by Gasteiger charge is -2.36. The molecule has 0 saturated heterocycles. The number of pyridine rings is 1. The predicted molar refractivity (Wildman–Crippen MR) is 138 cm³/mol. The van der Waals surface area contributed by atoms with E-state index in [9.17, 15) is 20.0 Å². The number of fused-ring (bicyclic) bond motifs is 1. The fourth-order valence-corrected chi connectivity index (χ4v) is 4.51. The Hall–Kier alpha value is -5.63. The van der Waals surface area contributed by atoms with Crippen molar-refractivity contribution in [2.24, 2.45) is 5.73 Å². The Morgan fingerprint density at radius 2 is 1.82 bits per heavy atom. The highest BCUT2D eigenvalue weighted by Gasteiger charge is 2.43. The Morgan fingerprint density at radius 1 is 1.08 bits per heavy atom. The number of carbonyl (C=O) groups is 2. The first-order valence-corrected chi connectivity index (χ1v) is 11.6. The number of nitrogens with two attached hydrogens (primary N) is 1. The number of esters is 2. The van der Waals surface area contributed by atoms with Gasteiger partial charge in [-0.2, -0.15) is 10.2 Å². The van der Waals surface area contributed by atoms with Crippen LogP contribution in [0.5, 0.6) is 5.75 Å². The van der Waals surface area contributed by atoms with E-state index in [1.807, 2.05) is 0 Å². The first kappa shape index (κ1) is 25.0. The molecule has 1 atom stereocenters. The first-order valence-electron chi connectivity index (χ1n) is 11.6. The van der Waals surface area contributed by atoms with E-state index >= 15 is 0 Å². The van der Waals surface area contributed by atoms with Crippen LogP contribution in [-0.2, 0) is 19.1 Å². The van der Waals surface area contributed by atoms with Gasteiger partial charge in [0.15, 0.2) is 11.2 Å². The Bertz CT molecular complexity index is 1680. The monoisotopic (exact) mass is 523 g/mol. The van der Waals surface area contributed by atoms with Gasteiger partial charge in [-0.1, -0.05) is 30.3 Å². The van der Waals surface area contributed by atoms with Crippen LogP contribution in [0.3, 0.4) is 0 Å². The molecular weight excluding hydrogens is 502 g/mol. The van der Waals surface area contributed by atoms with E-state index in [0.717, 1.165) is 7.11 Å². The Labute approximate surface area is 222 Å². The number of carbonyl (C=O) groups excluding carboxylic acids is 2. The van der Waals surface area contributed by atoms with Crippen LogP contribution in [0.25, 0.3) is 22.7 Å². The third kappa shape index (κ3) is 4.19. The number of methoxy groups -OCH3 is 2. The van der Waals surface area contributed by atoms with Crippen LogP contribution >= 0.6 is 0 Å². The van der Waals surface area contributed by atoms with Gasteiger partial charge in [-0.25, -0.2) is 14.6 Å². The van der Waals surface area contributed by atoms with Crippen LogP contribution in [-0.4, -0.2) is 41.2 Å². The number of hydrogen-bond acceptors (Lipinski definition) is 11. The summed E-state index contributed by atoms with van der Waals surface area (Å²) in [6.07, 6.45) is 1.57.